The van der Waals surface area contributed by atoms with Gasteiger partial charge in [0, 0.05) is 31.5 Å². The van der Waals surface area contributed by atoms with Crippen molar-refractivity contribution < 1.29 is 23.7 Å². The Bertz CT molecular complexity index is 1020. The topological polar surface area (TPSA) is 110 Å². The van der Waals surface area contributed by atoms with E-state index in [2.05, 4.69) is 27.5 Å². The summed E-state index contributed by atoms with van der Waals surface area (Å²) in [5.74, 6) is 1.45. The molecule has 1 aromatic carbocycles. The summed E-state index contributed by atoms with van der Waals surface area (Å²) < 4.78 is 24.1. The van der Waals surface area contributed by atoms with Crippen molar-refractivity contribution in [3.05, 3.63) is 60.0 Å². The molecule has 0 fully saturated rings. The highest BCUT2D eigenvalue weighted by atomic mass is 16.7. The van der Waals surface area contributed by atoms with E-state index in [4.69, 9.17) is 18.9 Å². The molecule has 0 bridgehead atoms. The second-order valence-electron chi connectivity index (χ2n) is 7.24. The molecule has 0 spiro atoms. The van der Waals surface area contributed by atoms with Gasteiger partial charge in [0.15, 0.2) is 12.0 Å². The van der Waals surface area contributed by atoms with Gasteiger partial charge in [0.2, 0.25) is 5.88 Å². The molecule has 2 heterocycles. The number of pyridine rings is 1. The number of ether oxygens (including phenoxy) is 4. The first-order valence-electron chi connectivity index (χ1n) is 11.4. The minimum Gasteiger partial charge on any atom is -0.494 e. The number of hydrogen-bond donors (Lipinski definition) is 1. The van der Waals surface area contributed by atoms with Gasteiger partial charge in [-0.25, -0.2) is 9.67 Å². The van der Waals surface area contributed by atoms with Crippen LogP contribution in [0.2, 0.25) is 0 Å². The van der Waals surface area contributed by atoms with Crippen molar-refractivity contribution in [2.45, 2.75) is 46.6 Å². The molecule has 0 aliphatic carbocycles. The molecule has 0 radical (unpaired) electrons. The number of hydrogen-bond acceptors (Lipinski definition) is 8. The lowest BCUT2D eigenvalue weighted by molar-refractivity contribution is -0.145. The van der Waals surface area contributed by atoms with Crippen molar-refractivity contribution in [3.63, 3.8) is 0 Å². The van der Waals surface area contributed by atoms with E-state index < -0.39 is 6.29 Å². The maximum absolute atomic E-state index is 12.6. The molecule has 10 nitrogen and oxygen atoms in total. The molecule has 0 saturated heterocycles. The number of aromatic nitrogens is 4. The van der Waals surface area contributed by atoms with Crippen LogP contribution in [-0.4, -0.2) is 52.0 Å². The summed E-state index contributed by atoms with van der Waals surface area (Å²) in [6.07, 6.45) is 3.69. The maximum Gasteiger partial charge on any atom is 0.273 e. The van der Waals surface area contributed by atoms with Crippen molar-refractivity contribution in [2.24, 2.45) is 0 Å². The van der Waals surface area contributed by atoms with Crippen LogP contribution in [0.15, 0.2) is 48.8 Å². The zero-order valence-corrected chi connectivity index (χ0v) is 19.8. The van der Waals surface area contributed by atoms with Gasteiger partial charge in [-0.3, -0.25) is 4.79 Å². The molecule has 0 aliphatic heterocycles. The highest BCUT2D eigenvalue weighted by Gasteiger charge is 2.15. The van der Waals surface area contributed by atoms with Gasteiger partial charge in [-0.15, -0.1) is 5.10 Å². The fourth-order valence-corrected chi connectivity index (χ4v) is 3.02. The summed E-state index contributed by atoms with van der Waals surface area (Å²) in [5.41, 5.74) is 0.920. The predicted molar refractivity (Wildman–Crippen MR) is 125 cm³/mol. The molecule has 0 atom stereocenters. The maximum atomic E-state index is 12.6. The van der Waals surface area contributed by atoms with E-state index in [1.165, 1.54) is 4.68 Å². The second-order valence-corrected chi connectivity index (χ2v) is 7.24. The van der Waals surface area contributed by atoms with Crippen molar-refractivity contribution in [1.82, 2.24) is 25.3 Å². The zero-order chi connectivity index (χ0) is 24.2. The average molecular weight is 470 g/mol. The van der Waals surface area contributed by atoms with Crippen molar-refractivity contribution in [1.29, 1.82) is 0 Å². The molecule has 1 N–H and O–H groups in total. The Morgan fingerprint density at radius 2 is 1.79 bits per heavy atom. The third-order valence-corrected chi connectivity index (χ3v) is 4.61. The molecule has 182 valence electrons. The van der Waals surface area contributed by atoms with Crippen LogP contribution >= 0.6 is 0 Å². The SMILES string of the molecule is CCCOc1ccc(Oc2ncccc2CNC(=O)c2cn(CC(OCC)OCC)nn2)cc1. The first kappa shape index (κ1) is 25.1. The Kier molecular flexibility index (Phi) is 9.80. The first-order valence-corrected chi connectivity index (χ1v) is 11.4. The minimum atomic E-state index is -0.449. The normalized spacial score (nSPS) is 10.9. The Labute approximate surface area is 199 Å². The van der Waals surface area contributed by atoms with Crippen LogP contribution in [0.1, 0.15) is 43.2 Å². The number of carbonyl (C=O) groups excluding carboxylic acids is 1. The minimum absolute atomic E-state index is 0.195. The Morgan fingerprint density at radius 3 is 2.50 bits per heavy atom. The molecule has 0 saturated carbocycles. The van der Waals surface area contributed by atoms with Crippen molar-refractivity contribution >= 4 is 5.91 Å². The van der Waals surface area contributed by atoms with E-state index in [9.17, 15) is 4.79 Å². The summed E-state index contributed by atoms with van der Waals surface area (Å²) in [6, 6.07) is 11.0. The van der Waals surface area contributed by atoms with E-state index in [0.29, 0.717) is 38.0 Å². The first-order chi connectivity index (χ1) is 16.6. The van der Waals surface area contributed by atoms with E-state index in [0.717, 1.165) is 17.7 Å². The van der Waals surface area contributed by atoms with Gasteiger partial charge in [-0.2, -0.15) is 0 Å². The predicted octanol–water partition coefficient (Wildman–Crippen LogP) is 3.58. The summed E-state index contributed by atoms with van der Waals surface area (Å²) in [7, 11) is 0. The van der Waals surface area contributed by atoms with E-state index >= 15 is 0 Å². The third-order valence-electron chi connectivity index (χ3n) is 4.61. The van der Waals surface area contributed by atoms with Crippen LogP contribution in [0, 0.1) is 0 Å². The van der Waals surface area contributed by atoms with Gasteiger partial charge in [-0.1, -0.05) is 18.2 Å². The number of rotatable bonds is 14. The second kappa shape index (κ2) is 13.3. The van der Waals surface area contributed by atoms with Crippen molar-refractivity contribution in [2.75, 3.05) is 19.8 Å². The molecule has 3 aromatic rings. The molecule has 2 aromatic heterocycles. The highest BCUT2D eigenvalue weighted by molar-refractivity contribution is 5.91. The largest absolute Gasteiger partial charge is 0.494 e. The Morgan fingerprint density at radius 1 is 1.06 bits per heavy atom. The standard InChI is InChI=1S/C24H31N5O5/c1-4-14-33-19-9-11-20(12-10-19)34-24-18(8-7-13-25-24)15-26-23(30)21-16-29(28-27-21)17-22(31-5-2)32-6-3/h7-13,16,22H,4-6,14-15,17H2,1-3H3,(H,26,30). The van der Waals surface area contributed by atoms with Crippen LogP contribution in [-0.2, 0) is 22.6 Å². The van der Waals surface area contributed by atoms with E-state index in [1.807, 2.05) is 44.2 Å². The molecule has 0 aliphatic rings. The van der Waals surface area contributed by atoms with Gasteiger partial charge in [0.1, 0.15) is 11.5 Å². The molecule has 34 heavy (non-hydrogen) atoms. The summed E-state index contributed by atoms with van der Waals surface area (Å²) in [4.78, 5) is 16.9. The smallest absolute Gasteiger partial charge is 0.273 e. The molecular weight excluding hydrogens is 438 g/mol. The third kappa shape index (κ3) is 7.53. The van der Waals surface area contributed by atoms with Gasteiger partial charge >= 0.3 is 0 Å². The number of nitrogens with one attached hydrogen (secondary N) is 1. The number of amides is 1. The molecule has 3 rings (SSSR count). The summed E-state index contributed by atoms with van der Waals surface area (Å²) in [6.45, 7) is 8.08. The van der Waals surface area contributed by atoms with Gasteiger partial charge in [0.25, 0.3) is 5.91 Å². The highest BCUT2D eigenvalue weighted by Crippen LogP contribution is 2.25. The molecule has 1 amide bonds. The lowest BCUT2D eigenvalue weighted by Crippen LogP contribution is -2.24. The zero-order valence-electron chi connectivity index (χ0n) is 19.8. The lowest BCUT2D eigenvalue weighted by atomic mass is 10.2. The van der Waals surface area contributed by atoms with Crippen molar-refractivity contribution in [3.8, 4) is 17.4 Å². The van der Waals surface area contributed by atoms with Gasteiger partial charge in [0.05, 0.1) is 19.3 Å². The Hall–Kier alpha value is -3.50. The lowest BCUT2D eigenvalue weighted by Gasteiger charge is -2.16. The molecule has 10 heteroatoms. The van der Waals surface area contributed by atoms with Gasteiger partial charge < -0.3 is 24.3 Å². The fraction of sp³-hybridized carbons (Fsp3) is 0.417. The average Bonchev–Trinajstić information content (AvgIpc) is 3.32. The quantitative estimate of drug-likeness (QED) is 0.357. The van der Waals surface area contributed by atoms with Crippen LogP contribution in [0.5, 0.6) is 17.4 Å². The summed E-state index contributed by atoms with van der Waals surface area (Å²) in [5, 5.41) is 10.8. The molecule has 0 unspecified atom stereocenters. The number of benzene rings is 1. The molecular formula is C24H31N5O5. The van der Waals surface area contributed by atoms with E-state index in [1.54, 1.807) is 18.5 Å². The van der Waals surface area contributed by atoms with Crippen LogP contribution in [0.25, 0.3) is 0 Å². The van der Waals surface area contributed by atoms with Crippen LogP contribution in [0.3, 0.4) is 0 Å². The van der Waals surface area contributed by atoms with E-state index in [-0.39, 0.29) is 18.1 Å². The van der Waals surface area contributed by atoms with Crippen LogP contribution in [0.4, 0.5) is 0 Å². The number of nitrogens with zero attached hydrogens (tertiary/aromatic N) is 4. The monoisotopic (exact) mass is 469 g/mol. The summed E-state index contributed by atoms with van der Waals surface area (Å²) >= 11 is 0. The number of carbonyl (C=O) groups is 1. The van der Waals surface area contributed by atoms with Crippen LogP contribution < -0.4 is 14.8 Å². The van der Waals surface area contributed by atoms with Gasteiger partial charge in [-0.05, 0) is 50.6 Å². The fourth-order valence-electron chi connectivity index (χ4n) is 3.02. The Balaban J connectivity index is 1.58.